The molecule has 7 heteroatoms. The second-order valence-corrected chi connectivity index (χ2v) is 4.63. The van der Waals surface area contributed by atoms with Gasteiger partial charge in [-0.2, -0.15) is 8.78 Å². The molecule has 3 N–H and O–H groups in total. The van der Waals surface area contributed by atoms with E-state index in [0.29, 0.717) is 5.56 Å². The molecule has 0 saturated carbocycles. The fourth-order valence-electron chi connectivity index (χ4n) is 2.44. The molecule has 0 bridgehead atoms. The highest BCUT2D eigenvalue weighted by Gasteiger charge is 2.43. The number of aliphatic carboxylic acids is 1. The molecule has 0 spiro atoms. The van der Waals surface area contributed by atoms with Gasteiger partial charge in [0.15, 0.2) is 0 Å². The number of anilines is 1. The van der Waals surface area contributed by atoms with E-state index in [1.54, 1.807) is 0 Å². The Labute approximate surface area is 114 Å². The first-order valence-corrected chi connectivity index (χ1v) is 6.12. The summed E-state index contributed by atoms with van der Waals surface area (Å²) in [6.45, 7) is -2.40. The topological polar surface area (TPSA) is 81.8 Å². The molecule has 0 unspecified atom stereocenters. The summed E-state index contributed by atoms with van der Waals surface area (Å²) in [5, 5.41) is 9.54. The Balaban J connectivity index is 2.44. The number of rotatable bonds is 4. The molecule has 1 fully saturated rings. The minimum atomic E-state index is -2.97. The normalized spacial score (nSPS) is 17.9. The molecule has 2 rings (SSSR count). The molecule has 5 nitrogen and oxygen atoms in total. The van der Waals surface area contributed by atoms with Gasteiger partial charge in [-0.15, -0.1) is 0 Å². The first-order valence-electron chi connectivity index (χ1n) is 6.12. The Hall–Kier alpha value is -1.89. The molecule has 1 aliphatic rings. The van der Waals surface area contributed by atoms with Crippen LogP contribution in [-0.4, -0.2) is 30.9 Å². The van der Waals surface area contributed by atoms with Gasteiger partial charge in [0.1, 0.15) is 5.75 Å². The van der Waals surface area contributed by atoms with Crippen LogP contribution in [-0.2, 0) is 14.9 Å². The van der Waals surface area contributed by atoms with Gasteiger partial charge in [-0.25, -0.2) is 0 Å². The van der Waals surface area contributed by atoms with Gasteiger partial charge in [0.05, 0.1) is 5.41 Å². The van der Waals surface area contributed by atoms with Crippen molar-refractivity contribution < 1.29 is 28.2 Å². The van der Waals surface area contributed by atoms with Crippen molar-refractivity contribution in [2.75, 3.05) is 18.9 Å². The minimum Gasteiger partial charge on any atom is -0.481 e. The molecule has 0 aromatic heterocycles. The number of alkyl halides is 2. The molecule has 1 aromatic carbocycles. The Kier molecular flexibility index (Phi) is 4.08. The van der Waals surface area contributed by atoms with Gasteiger partial charge < -0.3 is 20.3 Å². The van der Waals surface area contributed by atoms with E-state index in [0.717, 1.165) is 0 Å². The zero-order chi connectivity index (χ0) is 14.8. The Bertz CT molecular complexity index is 501. The fraction of sp³-hybridized carbons (Fsp3) is 0.462. The number of carboxylic acids is 1. The van der Waals surface area contributed by atoms with Crippen LogP contribution in [0, 0.1) is 0 Å². The van der Waals surface area contributed by atoms with Crippen molar-refractivity contribution in [3.63, 3.8) is 0 Å². The van der Waals surface area contributed by atoms with Gasteiger partial charge >= 0.3 is 12.6 Å². The third-order valence-corrected chi connectivity index (χ3v) is 3.52. The van der Waals surface area contributed by atoms with E-state index in [-0.39, 0.29) is 37.5 Å². The highest BCUT2D eigenvalue weighted by atomic mass is 19.3. The second-order valence-electron chi connectivity index (χ2n) is 4.63. The smallest absolute Gasteiger partial charge is 0.387 e. The lowest BCUT2D eigenvalue weighted by Gasteiger charge is -2.34. The number of ether oxygens (including phenoxy) is 2. The van der Waals surface area contributed by atoms with Crippen LogP contribution in [0.2, 0.25) is 0 Å². The summed E-state index contributed by atoms with van der Waals surface area (Å²) < 4.78 is 34.0. The molecule has 1 aromatic rings. The maximum Gasteiger partial charge on any atom is 0.387 e. The standard InChI is InChI=1S/C13H15F2NO4/c14-12(15)20-8-1-2-10(16)9(7-8)13(11(17)18)3-5-19-6-4-13/h1-2,7,12H,3-6,16H2,(H,17,18). The Morgan fingerprint density at radius 3 is 2.60 bits per heavy atom. The maximum atomic E-state index is 12.3. The Morgan fingerprint density at radius 1 is 1.40 bits per heavy atom. The molecular formula is C13H15F2NO4. The molecular weight excluding hydrogens is 272 g/mol. The van der Waals surface area contributed by atoms with Crippen molar-refractivity contribution in [3.8, 4) is 5.75 Å². The number of hydrogen-bond acceptors (Lipinski definition) is 4. The van der Waals surface area contributed by atoms with E-state index < -0.39 is 18.0 Å². The third-order valence-electron chi connectivity index (χ3n) is 3.52. The lowest BCUT2D eigenvalue weighted by Crippen LogP contribution is -2.41. The third kappa shape index (κ3) is 2.67. The van der Waals surface area contributed by atoms with E-state index >= 15 is 0 Å². The number of halogens is 2. The second kappa shape index (κ2) is 5.62. The molecule has 110 valence electrons. The quantitative estimate of drug-likeness (QED) is 0.828. The summed E-state index contributed by atoms with van der Waals surface area (Å²) in [5.74, 6) is -1.14. The number of nitrogen functional groups attached to an aromatic ring is 1. The van der Waals surface area contributed by atoms with Crippen molar-refractivity contribution in [2.24, 2.45) is 0 Å². The number of carbonyl (C=O) groups is 1. The number of nitrogens with two attached hydrogens (primary N) is 1. The zero-order valence-electron chi connectivity index (χ0n) is 10.6. The summed E-state index contributed by atoms with van der Waals surface area (Å²) in [6.07, 6.45) is 0.481. The van der Waals surface area contributed by atoms with Crippen molar-refractivity contribution in [1.29, 1.82) is 0 Å². The number of benzene rings is 1. The van der Waals surface area contributed by atoms with Crippen LogP contribution < -0.4 is 10.5 Å². The number of carboxylic acid groups (broad SMARTS) is 1. The van der Waals surface area contributed by atoms with Crippen LogP contribution in [0.5, 0.6) is 5.75 Å². The van der Waals surface area contributed by atoms with Gasteiger partial charge in [0.25, 0.3) is 0 Å². The molecule has 0 aliphatic carbocycles. The lowest BCUT2D eigenvalue weighted by atomic mass is 9.73. The van der Waals surface area contributed by atoms with Crippen molar-refractivity contribution in [1.82, 2.24) is 0 Å². The van der Waals surface area contributed by atoms with E-state index in [4.69, 9.17) is 10.5 Å². The fourth-order valence-corrected chi connectivity index (χ4v) is 2.44. The monoisotopic (exact) mass is 287 g/mol. The van der Waals surface area contributed by atoms with Gasteiger partial charge in [-0.3, -0.25) is 4.79 Å². The molecule has 1 heterocycles. The molecule has 1 aliphatic heterocycles. The van der Waals surface area contributed by atoms with Gasteiger partial charge in [-0.1, -0.05) is 0 Å². The van der Waals surface area contributed by atoms with Crippen LogP contribution in [0.25, 0.3) is 0 Å². The van der Waals surface area contributed by atoms with E-state index in [1.807, 2.05) is 0 Å². The van der Waals surface area contributed by atoms with Crippen molar-refractivity contribution >= 4 is 11.7 Å². The molecule has 20 heavy (non-hydrogen) atoms. The highest BCUT2D eigenvalue weighted by Crippen LogP contribution is 2.40. The SMILES string of the molecule is Nc1ccc(OC(F)F)cc1C1(C(=O)O)CCOCC1. The van der Waals surface area contributed by atoms with Gasteiger partial charge in [0, 0.05) is 18.9 Å². The predicted octanol–water partition coefficient (Wildman–Crippen LogP) is 2.00. The van der Waals surface area contributed by atoms with Gasteiger partial charge in [0.2, 0.25) is 0 Å². The van der Waals surface area contributed by atoms with Crippen LogP contribution in [0.3, 0.4) is 0 Å². The maximum absolute atomic E-state index is 12.3. The average Bonchev–Trinajstić information content (AvgIpc) is 2.41. The molecule has 0 amide bonds. The van der Waals surface area contributed by atoms with Crippen LogP contribution in [0.1, 0.15) is 18.4 Å². The van der Waals surface area contributed by atoms with Crippen LogP contribution >= 0.6 is 0 Å². The predicted molar refractivity (Wildman–Crippen MR) is 66.9 cm³/mol. The summed E-state index contributed by atoms with van der Waals surface area (Å²) >= 11 is 0. The molecule has 1 saturated heterocycles. The van der Waals surface area contributed by atoms with Crippen molar-refractivity contribution in [2.45, 2.75) is 24.9 Å². The first-order chi connectivity index (χ1) is 9.45. The summed E-state index contributed by atoms with van der Waals surface area (Å²) in [4.78, 5) is 11.7. The molecule has 0 atom stereocenters. The van der Waals surface area contributed by atoms with E-state index in [9.17, 15) is 18.7 Å². The van der Waals surface area contributed by atoms with Gasteiger partial charge in [-0.05, 0) is 36.6 Å². The number of hydrogen-bond donors (Lipinski definition) is 2. The minimum absolute atomic E-state index is 0.101. The lowest BCUT2D eigenvalue weighted by molar-refractivity contribution is -0.147. The Morgan fingerprint density at radius 2 is 2.05 bits per heavy atom. The summed E-state index contributed by atoms with van der Waals surface area (Å²) in [6, 6.07) is 3.95. The molecule has 0 radical (unpaired) electrons. The average molecular weight is 287 g/mol. The van der Waals surface area contributed by atoms with Crippen molar-refractivity contribution in [3.05, 3.63) is 23.8 Å². The highest BCUT2D eigenvalue weighted by molar-refractivity contribution is 5.84. The van der Waals surface area contributed by atoms with Crippen LogP contribution in [0.4, 0.5) is 14.5 Å². The largest absolute Gasteiger partial charge is 0.481 e. The summed E-state index contributed by atoms with van der Waals surface area (Å²) in [5.41, 5.74) is 5.15. The zero-order valence-corrected chi connectivity index (χ0v) is 10.6. The first kappa shape index (κ1) is 14.5. The summed E-state index contributed by atoms with van der Waals surface area (Å²) in [7, 11) is 0. The van der Waals surface area contributed by atoms with E-state index in [2.05, 4.69) is 4.74 Å². The van der Waals surface area contributed by atoms with Crippen LogP contribution in [0.15, 0.2) is 18.2 Å². The van der Waals surface area contributed by atoms with E-state index in [1.165, 1.54) is 18.2 Å².